The average molecular weight is 295 g/mol. The Morgan fingerprint density at radius 3 is 2.85 bits per heavy atom. The summed E-state index contributed by atoms with van der Waals surface area (Å²) in [4.78, 5) is 25.4. The van der Waals surface area contributed by atoms with Crippen LogP contribution in [0, 0.1) is 11.8 Å². The molecule has 1 N–H and O–H groups in total. The monoisotopic (exact) mass is 294 g/mol. The number of alkyl halides is 1. The Balaban J connectivity index is 2.14. The minimum Gasteiger partial charge on any atom is -0.326 e. The highest BCUT2D eigenvalue weighted by Crippen LogP contribution is 2.27. The largest absolute Gasteiger partial charge is 0.326 e. The second-order valence-electron chi connectivity index (χ2n) is 5.42. The molecule has 1 saturated heterocycles. The number of benzene rings is 1. The van der Waals surface area contributed by atoms with Crippen LogP contribution in [0.15, 0.2) is 24.3 Å². The zero-order valence-corrected chi connectivity index (χ0v) is 12.5. The lowest BCUT2D eigenvalue weighted by atomic mass is 10.1. The van der Waals surface area contributed by atoms with Crippen LogP contribution in [0.25, 0.3) is 0 Å². The highest BCUT2D eigenvalue weighted by Gasteiger charge is 2.30. The fourth-order valence-corrected chi connectivity index (χ4v) is 2.38. The van der Waals surface area contributed by atoms with Crippen LogP contribution in [0.5, 0.6) is 0 Å². The van der Waals surface area contributed by atoms with Gasteiger partial charge in [0.15, 0.2) is 0 Å². The Kier molecular flexibility index (Phi) is 4.65. The fourth-order valence-electron chi connectivity index (χ4n) is 2.17. The van der Waals surface area contributed by atoms with Gasteiger partial charge < -0.3 is 10.2 Å². The molecule has 1 aliphatic rings. The molecule has 0 bridgehead atoms. The SMILES string of the molecule is CC(C)C(=O)Nc1cccc(N2CC(CCl)CC2=O)c1. The van der Waals surface area contributed by atoms with Crippen LogP contribution < -0.4 is 10.2 Å². The van der Waals surface area contributed by atoms with Crippen molar-refractivity contribution in [3.63, 3.8) is 0 Å². The van der Waals surface area contributed by atoms with Gasteiger partial charge in [-0.1, -0.05) is 19.9 Å². The van der Waals surface area contributed by atoms with Crippen molar-refractivity contribution in [2.45, 2.75) is 20.3 Å². The molecule has 5 heteroatoms. The summed E-state index contributed by atoms with van der Waals surface area (Å²) in [7, 11) is 0. The molecular weight excluding hydrogens is 276 g/mol. The van der Waals surface area contributed by atoms with Gasteiger partial charge in [0.25, 0.3) is 0 Å². The van der Waals surface area contributed by atoms with Crippen molar-refractivity contribution in [3.05, 3.63) is 24.3 Å². The van der Waals surface area contributed by atoms with Crippen LogP contribution in [-0.2, 0) is 9.59 Å². The number of nitrogens with one attached hydrogen (secondary N) is 1. The zero-order chi connectivity index (χ0) is 14.7. The average Bonchev–Trinajstić information content (AvgIpc) is 2.80. The van der Waals surface area contributed by atoms with Crippen molar-refractivity contribution in [1.82, 2.24) is 0 Å². The minimum absolute atomic E-state index is 0.0338. The first-order valence-corrected chi connectivity index (χ1v) is 7.32. The molecule has 1 unspecified atom stereocenters. The molecule has 1 aromatic carbocycles. The number of halogens is 1. The van der Waals surface area contributed by atoms with E-state index in [4.69, 9.17) is 11.6 Å². The van der Waals surface area contributed by atoms with Crippen LogP contribution in [0.4, 0.5) is 11.4 Å². The van der Waals surface area contributed by atoms with E-state index in [9.17, 15) is 9.59 Å². The van der Waals surface area contributed by atoms with E-state index in [1.165, 1.54) is 0 Å². The first-order valence-electron chi connectivity index (χ1n) is 6.78. The lowest BCUT2D eigenvalue weighted by Crippen LogP contribution is -2.25. The van der Waals surface area contributed by atoms with Crippen molar-refractivity contribution in [2.24, 2.45) is 11.8 Å². The predicted octanol–water partition coefficient (Wildman–Crippen LogP) is 2.87. The van der Waals surface area contributed by atoms with Gasteiger partial charge >= 0.3 is 0 Å². The van der Waals surface area contributed by atoms with E-state index < -0.39 is 0 Å². The summed E-state index contributed by atoms with van der Waals surface area (Å²) in [5.41, 5.74) is 1.52. The normalized spacial score (nSPS) is 18.7. The van der Waals surface area contributed by atoms with Gasteiger partial charge in [-0.15, -0.1) is 11.6 Å². The summed E-state index contributed by atoms with van der Waals surface area (Å²) >= 11 is 5.82. The van der Waals surface area contributed by atoms with Crippen LogP contribution in [0.2, 0.25) is 0 Å². The fraction of sp³-hybridized carbons (Fsp3) is 0.467. The molecular formula is C15H19ClN2O2. The molecule has 1 heterocycles. The maximum absolute atomic E-state index is 12.0. The van der Waals surface area contributed by atoms with Crippen molar-refractivity contribution >= 4 is 34.8 Å². The third-order valence-corrected chi connectivity index (χ3v) is 3.81. The van der Waals surface area contributed by atoms with Crippen molar-refractivity contribution in [3.8, 4) is 0 Å². The number of carbonyl (C=O) groups excluding carboxylic acids is 2. The van der Waals surface area contributed by atoms with E-state index in [0.29, 0.717) is 24.5 Å². The maximum atomic E-state index is 12.0. The van der Waals surface area contributed by atoms with Gasteiger partial charge in [-0.3, -0.25) is 9.59 Å². The Labute approximate surface area is 124 Å². The number of nitrogens with zero attached hydrogens (tertiary/aromatic N) is 1. The van der Waals surface area contributed by atoms with Gasteiger partial charge in [-0.2, -0.15) is 0 Å². The summed E-state index contributed by atoms with van der Waals surface area (Å²) in [5.74, 6) is 0.675. The molecule has 108 valence electrons. The number of hydrogen-bond acceptors (Lipinski definition) is 2. The Morgan fingerprint density at radius 2 is 2.25 bits per heavy atom. The Hall–Kier alpha value is -1.55. The highest BCUT2D eigenvalue weighted by molar-refractivity contribution is 6.18. The molecule has 0 aromatic heterocycles. The van der Waals surface area contributed by atoms with Crippen LogP contribution in [0.3, 0.4) is 0 Å². The molecule has 2 amide bonds. The molecule has 1 fully saturated rings. The van der Waals surface area contributed by atoms with E-state index in [0.717, 1.165) is 5.69 Å². The van der Waals surface area contributed by atoms with E-state index >= 15 is 0 Å². The van der Waals surface area contributed by atoms with Crippen molar-refractivity contribution in [2.75, 3.05) is 22.6 Å². The second-order valence-corrected chi connectivity index (χ2v) is 5.73. The van der Waals surface area contributed by atoms with Crippen molar-refractivity contribution < 1.29 is 9.59 Å². The first-order chi connectivity index (χ1) is 9.51. The quantitative estimate of drug-likeness (QED) is 0.868. The topological polar surface area (TPSA) is 49.4 Å². The molecule has 2 rings (SSSR count). The van der Waals surface area contributed by atoms with Gasteiger partial charge in [0.2, 0.25) is 11.8 Å². The molecule has 1 atom stereocenters. The van der Waals surface area contributed by atoms with E-state index in [2.05, 4.69) is 5.32 Å². The lowest BCUT2D eigenvalue weighted by molar-refractivity contribution is -0.119. The number of carbonyl (C=O) groups is 2. The predicted molar refractivity (Wildman–Crippen MR) is 81.1 cm³/mol. The summed E-state index contributed by atoms with van der Waals surface area (Å²) in [6, 6.07) is 7.37. The number of rotatable bonds is 4. The summed E-state index contributed by atoms with van der Waals surface area (Å²) in [5, 5.41) is 2.84. The third kappa shape index (κ3) is 3.31. The van der Waals surface area contributed by atoms with Gasteiger partial charge in [0, 0.05) is 36.1 Å². The zero-order valence-electron chi connectivity index (χ0n) is 11.7. The van der Waals surface area contributed by atoms with Crippen molar-refractivity contribution in [1.29, 1.82) is 0 Å². The summed E-state index contributed by atoms with van der Waals surface area (Å²) in [6.45, 7) is 4.33. The molecule has 0 aliphatic carbocycles. The Bertz CT molecular complexity index is 516. The van der Waals surface area contributed by atoms with E-state index in [1.807, 2.05) is 38.1 Å². The molecule has 0 spiro atoms. The summed E-state index contributed by atoms with van der Waals surface area (Å²) in [6.07, 6.45) is 0.492. The van der Waals surface area contributed by atoms with Gasteiger partial charge in [0.05, 0.1) is 0 Å². The van der Waals surface area contributed by atoms with Gasteiger partial charge in [0.1, 0.15) is 0 Å². The number of anilines is 2. The van der Waals surface area contributed by atoms with Crippen LogP contribution in [0.1, 0.15) is 20.3 Å². The van der Waals surface area contributed by atoms with Crippen LogP contribution in [-0.4, -0.2) is 24.2 Å². The second kappa shape index (κ2) is 6.27. The van der Waals surface area contributed by atoms with Gasteiger partial charge in [-0.25, -0.2) is 0 Å². The maximum Gasteiger partial charge on any atom is 0.227 e. The molecule has 0 saturated carbocycles. The smallest absolute Gasteiger partial charge is 0.227 e. The Morgan fingerprint density at radius 1 is 1.50 bits per heavy atom. The molecule has 4 nitrogen and oxygen atoms in total. The first kappa shape index (κ1) is 14.9. The number of amides is 2. The molecule has 1 aromatic rings. The summed E-state index contributed by atoms with van der Waals surface area (Å²) < 4.78 is 0. The lowest BCUT2D eigenvalue weighted by Gasteiger charge is -2.18. The van der Waals surface area contributed by atoms with Crippen LogP contribution >= 0.6 is 11.6 Å². The molecule has 1 aliphatic heterocycles. The standard InChI is InChI=1S/C15H19ClN2O2/c1-10(2)15(20)17-12-4-3-5-13(7-12)18-9-11(8-16)6-14(18)19/h3-5,7,10-11H,6,8-9H2,1-2H3,(H,17,20). The van der Waals surface area contributed by atoms with E-state index in [1.54, 1.807) is 4.90 Å². The third-order valence-electron chi connectivity index (χ3n) is 3.37. The van der Waals surface area contributed by atoms with Gasteiger partial charge in [-0.05, 0) is 24.1 Å². The van der Waals surface area contributed by atoms with E-state index in [-0.39, 0.29) is 23.7 Å². The minimum atomic E-state index is -0.0762. The number of hydrogen-bond donors (Lipinski definition) is 1. The molecule has 0 radical (unpaired) electrons. The molecule has 20 heavy (non-hydrogen) atoms. The highest BCUT2D eigenvalue weighted by atomic mass is 35.5.